The molecule has 0 aliphatic rings. The summed E-state index contributed by atoms with van der Waals surface area (Å²) in [5.74, 6) is -1.11. The van der Waals surface area contributed by atoms with Gasteiger partial charge >= 0.3 is 12.1 Å². The van der Waals surface area contributed by atoms with Crippen molar-refractivity contribution in [3.63, 3.8) is 0 Å². The molecule has 0 unspecified atom stereocenters. The lowest BCUT2D eigenvalue weighted by atomic mass is 10.1. The summed E-state index contributed by atoms with van der Waals surface area (Å²) >= 11 is 4.50. The average molecular weight is 582 g/mol. The zero-order valence-corrected chi connectivity index (χ0v) is 22.2. The quantitative estimate of drug-likeness (QED) is 0.216. The number of carbonyl (C=O) groups is 2. The van der Waals surface area contributed by atoms with Crippen LogP contribution in [0.15, 0.2) is 53.0 Å². The highest BCUT2D eigenvalue weighted by Crippen LogP contribution is 2.35. The van der Waals surface area contributed by atoms with Gasteiger partial charge in [-0.2, -0.15) is 13.2 Å². The maximum Gasteiger partial charge on any atom is 0.416 e. The molecule has 0 aliphatic heterocycles. The van der Waals surface area contributed by atoms with Crippen molar-refractivity contribution >= 4 is 45.1 Å². The number of halogens is 4. The molecule has 1 heterocycles. The minimum absolute atomic E-state index is 0.0695. The van der Waals surface area contributed by atoms with Gasteiger partial charge in [-0.1, -0.05) is 38.1 Å². The standard InChI is InChI=1S/C26H23BrF3NO4S/c1-14(2)21-22(36-23(31-21)16-7-9-17(10-8-16)26(28,29)30)19(32)11-5-15-6-12-20(18(27)13-15)35-25(3,4)24(33)34/h5-14H,1-4H3,(H,33,34). The molecule has 2 aromatic carbocycles. The second kappa shape index (κ2) is 10.6. The van der Waals surface area contributed by atoms with Gasteiger partial charge in [-0.05, 0) is 71.6 Å². The molecule has 3 rings (SSSR count). The van der Waals surface area contributed by atoms with Crippen molar-refractivity contribution in [1.82, 2.24) is 4.98 Å². The zero-order valence-electron chi connectivity index (χ0n) is 19.8. The molecule has 0 amide bonds. The van der Waals surface area contributed by atoms with Crippen molar-refractivity contribution in [3.8, 4) is 16.3 Å². The second-order valence-corrected chi connectivity index (χ2v) is 10.6. The Morgan fingerprint density at radius 3 is 2.28 bits per heavy atom. The predicted molar refractivity (Wildman–Crippen MR) is 136 cm³/mol. The number of rotatable bonds is 8. The largest absolute Gasteiger partial charge is 0.478 e. The number of alkyl halides is 3. The van der Waals surface area contributed by atoms with Crippen LogP contribution in [0.4, 0.5) is 13.2 Å². The predicted octanol–water partition coefficient (Wildman–Crippen LogP) is 7.85. The van der Waals surface area contributed by atoms with E-state index in [0.717, 1.165) is 23.5 Å². The number of ether oxygens (including phenoxy) is 1. The van der Waals surface area contributed by atoms with Crippen molar-refractivity contribution < 1.29 is 32.6 Å². The lowest BCUT2D eigenvalue weighted by Gasteiger charge is -2.22. The number of carboxylic acid groups (broad SMARTS) is 1. The van der Waals surface area contributed by atoms with Crippen LogP contribution in [0.5, 0.6) is 5.75 Å². The molecular weight excluding hydrogens is 559 g/mol. The van der Waals surface area contributed by atoms with Crippen LogP contribution in [0.1, 0.15) is 60.1 Å². The Morgan fingerprint density at radius 1 is 1.11 bits per heavy atom. The Hall–Kier alpha value is -2.98. The van der Waals surface area contributed by atoms with Gasteiger partial charge in [0.15, 0.2) is 11.4 Å². The summed E-state index contributed by atoms with van der Waals surface area (Å²) < 4.78 is 44.7. The topological polar surface area (TPSA) is 76.5 Å². The lowest BCUT2D eigenvalue weighted by molar-refractivity contribution is -0.152. The van der Waals surface area contributed by atoms with Crippen molar-refractivity contribution in [3.05, 3.63) is 74.7 Å². The summed E-state index contributed by atoms with van der Waals surface area (Å²) in [6.07, 6.45) is -1.41. The number of thiazole rings is 1. The summed E-state index contributed by atoms with van der Waals surface area (Å²) in [5, 5.41) is 9.71. The fraction of sp³-hybridized carbons (Fsp3) is 0.269. The van der Waals surface area contributed by atoms with Gasteiger partial charge in [0, 0.05) is 5.56 Å². The molecule has 0 spiro atoms. The lowest BCUT2D eigenvalue weighted by Crippen LogP contribution is -2.37. The average Bonchev–Trinajstić information content (AvgIpc) is 3.24. The van der Waals surface area contributed by atoms with Gasteiger partial charge < -0.3 is 9.84 Å². The maximum absolute atomic E-state index is 13.0. The molecule has 0 saturated heterocycles. The number of carbonyl (C=O) groups excluding carboxylic acids is 1. The normalized spacial score (nSPS) is 12.4. The van der Waals surface area contributed by atoms with Gasteiger partial charge in [-0.25, -0.2) is 9.78 Å². The van der Waals surface area contributed by atoms with Crippen LogP contribution in [0.3, 0.4) is 0 Å². The minimum atomic E-state index is -4.43. The van der Waals surface area contributed by atoms with Crippen molar-refractivity contribution in [2.24, 2.45) is 0 Å². The summed E-state index contributed by atoms with van der Waals surface area (Å²) in [5.41, 5.74) is -0.415. The molecule has 3 aromatic rings. The number of allylic oxidation sites excluding steroid dienone is 1. The third kappa shape index (κ3) is 6.41. The van der Waals surface area contributed by atoms with E-state index in [1.54, 1.807) is 24.3 Å². The Kier molecular flexibility index (Phi) is 8.10. The molecule has 0 radical (unpaired) electrons. The fourth-order valence-corrected chi connectivity index (χ4v) is 4.72. The molecule has 10 heteroatoms. The van der Waals surface area contributed by atoms with E-state index in [-0.39, 0.29) is 11.7 Å². The van der Waals surface area contributed by atoms with Crippen LogP contribution >= 0.6 is 27.3 Å². The third-order valence-corrected chi connectivity index (χ3v) is 6.90. The molecule has 0 fully saturated rings. The number of aliphatic carboxylic acids is 1. The summed E-state index contributed by atoms with van der Waals surface area (Å²) in [6.45, 7) is 6.66. The van der Waals surface area contributed by atoms with Gasteiger partial charge in [-0.15, -0.1) is 11.3 Å². The van der Waals surface area contributed by atoms with Crippen molar-refractivity contribution in [2.75, 3.05) is 0 Å². The molecule has 1 N–H and O–H groups in total. The van der Waals surface area contributed by atoms with Crippen LogP contribution in [0.2, 0.25) is 0 Å². The van der Waals surface area contributed by atoms with Gasteiger partial charge in [0.25, 0.3) is 0 Å². The Balaban J connectivity index is 1.84. The molecule has 5 nitrogen and oxygen atoms in total. The maximum atomic E-state index is 13.0. The molecule has 36 heavy (non-hydrogen) atoms. The Labute approximate surface area is 218 Å². The number of aromatic nitrogens is 1. The molecule has 0 atom stereocenters. The number of hydrogen-bond acceptors (Lipinski definition) is 5. The van der Waals surface area contributed by atoms with Gasteiger partial charge in [-0.3, -0.25) is 4.79 Å². The first-order valence-corrected chi connectivity index (χ1v) is 12.4. The first kappa shape index (κ1) is 27.6. The van der Waals surface area contributed by atoms with Crippen molar-refractivity contribution in [1.29, 1.82) is 0 Å². The van der Waals surface area contributed by atoms with Crippen LogP contribution in [-0.4, -0.2) is 27.4 Å². The fourth-order valence-electron chi connectivity index (χ4n) is 3.09. The monoisotopic (exact) mass is 581 g/mol. The van der Waals surface area contributed by atoms with Crippen LogP contribution in [0.25, 0.3) is 16.6 Å². The Bertz CT molecular complexity index is 1310. The number of benzene rings is 2. The van der Waals surface area contributed by atoms with E-state index in [0.29, 0.717) is 36.9 Å². The number of ketones is 1. The van der Waals surface area contributed by atoms with E-state index in [9.17, 15) is 27.9 Å². The van der Waals surface area contributed by atoms with E-state index in [1.807, 2.05) is 13.8 Å². The minimum Gasteiger partial charge on any atom is -0.478 e. The van der Waals surface area contributed by atoms with Gasteiger partial charge in [0.2, 0.25) is 0 Å². The molecule has 0 aliphatic carbocycles. The highest BCUT2D eigenvalue weighted by Gasteiger charge is 2.31. The summed E-state index contributed by atoms with van der Waals surface area (Å²) in [6, 6.07) is 9.68. The number of nitrogens with zero attached hydrogens (tertiary/aromatic N) is 1. The first-order chi connectivity index (χ1) is 16.7. The summed E-state index contributed by atoms with van der Waals surface area (Å²) in [7, 11) is 0. The molecule has 0 bridgehead atoms. The highest BCUT2D eigenvalue weighted by atomic mass is 79.9. The SMILES string of the molecule is CC(C)c1nc(-c2ccc(C(F)(F)F)cc2)sc1C(=O)C=Cc1ccc(OC(C)(C)C(=O)O)c(Br)c1. The molecule has 190 valence electrons. The summed E-state index contributed by atoms with van der Waals surface area (Å²) in [4.78, 5) is 29.3. The number of carboxylic acids is 1. The highest BCUT2D eigenvalue weighted by molar-refractivity contribution is 9.10. The number of hydrogen-bond donors (Lipinski definition) is 1. The van der Waals surface area contributed by atoms with Crippen LogP contribution in [0, 0.1) is 0 Å². The van der Waals surface area contributed by atoms with Gasteiger partial charge in [0.05, 0.1) is 20.6 Å². The van der Waals surface area contributed by atoms with E-state index in [2.05, 4.69) is 20.9 Å². The van der Waals surface area contributed by atoms with Gasteiger partial charge in [0.1, 0.15) is 10.8 Å². The van der Waals surface area contributed by atoms with E-state index >= 15 is 0 Å². The molecule has 0 saturated carbocycles. The van der Waals surface area contributed by atoms with Crippen LogP contribution in [-0.2, 0) is 11.0 Å². The smallest absolute Gasteiger partial charge is 0.416 e. The van der Waals surface area contributed by atoms with E-state index in [1.165, 1.54) is 32.1 Å². The van der Waals surface area contributed by atoms with Crippen molar-refractivity contribution in [2.45, 2.75) is 45.4 Å². The molecular formula is C26H23BrF3NO4S. The second-order valence-electron chi connectivity index (χ2n) is 8.77. The zero-order chi connectivity index (χ0) is 26.8. The van der Waals surface area contributed by atoms with Crippen LogP contribution < -0.4 is 4.74 Å². The van der Waals surface area contributed by atoms with E-state index in [4.69, 9.17) is 4.74 Å². The van der Waals surface area contributed by atoms with E-state index < -0.39 is 23.3 Å². The molecule has 1 aromatic heterocycles. The Morgan fingerprint density at radius 2 is 1.75 bits per heavy atom. The third-order valence-electron chi connectivity index (χ3n) is 5.15. The first-order valence-electron chi connectivity index (χ1n) is 10.8.